The number of fused-ring (bicyclic) bond motifs is 3. The van der Waals surface area contributed by atoms with Crippen LogP contribution in [0.5, 0.6) is 5.75 Å². The van der Waals surface area contributed by atoms with E-state index in [4.69, 9.17) is 4.74 Å². The summed E-state index contributed by atoms with van der Waals surface area (Å²) in [6, 6.07) is 22.4. The lowest BCUT2D eigenvalue weighted by atomic mass is 10.1. The van der Waals surface area contributed by atoms with Gasteiger partial charge in [0, 0.05) is 17.8 Å². The normalized spacial score (nSPS) is 10.9. The minimum atomic E-state index is -0.160. The Kier molecular flexibility index (Phi) is 5.04. The molecule has 2 heterocycles. The zero-order valence-corrected chi connectivity index (χ0v) is 17.2. The van der Waals surface area contributed by atoms with Crippen LogP contribution in [-0.2, 0) is 6.54 Å². The maximum absolute atomic E-state index is 12.5. The Bertz CT molecular complexity index is 1410. The monoisotopic (exact) mass is 425 g/mol. The van der Waals surface area contributed by atoms with Gasteiger partial charge in [-0.25, -0.2) is 4.98 Å². The average Bonchev–Trinajstić information content (AvgIpc) is 3.34. The van der Waals surface area contributed by atoms with E-state index in [0.29, 0.717) is 23.6 Å². The number of carbonyl (C=O) groups is 1. The molecule has 5 rings (SSSR count). The zero-order chi connectivity index (χ0) is 21.9. The zero-order valence-electron chi connectivity index (χ0n) is 17.2. The number of benzene rings is 3. The summed E-state index contributed by atoms with van der Waals surface area (Å²) in [5.41, 5.74) is 4.39. The third-order valence-corrected chi connectivity index (χ3v) is 5.02. The highest BCUT2D eigenvalue weighted by Gasteiger charge is 2.12. The highest BCUT2D eigenvalue weighted by Crippen LogP contribution is 2.22. The summed E-state index contributed by atoms with van der Waals surface area (Å²) in [4.78, 5) is 17.2. The summed E-state index contributed by atoms with van der Waals surface area (Å²) in [6.45, 7) is 0.412. The molecule has 0 atom stereocenters. The lowest BCUT2D eigenvalue weighted by Gasteiger charge is -2.10. The largest absolute Gasteiger partial charge is 0.497 e. The fraction of sp³-hybridized carbons (Fsp3) is 0.0870. The first-order valence-electron chi connectivity index (χ1n) is 9.96. The van der Waals surface area contributed by atoms with Gasteiger partial charge in [0.15, 0.2) is 5.82 Å². The van der Waals surface area contributed by atoms with E-state index in [-0.39, 0.29) is 5.91 Å². The van der Waals surface area contributed by atoms with Gasteiger partial charge in [-0.3, -0.25) is 4.79 Å². The molecule has 0 aliphatic heterocycles. The number of nitrogens with one attached hydrogen (secondary N) is 2. The molecule has 0 saturated heterocycles. The third kappa shape index (κ3) is 3.79. The fourth-order valence-electron chi connectivity index (χ4n) is 3.40. The van der Waals surface area contributed by atoms with Crippen molar-refractivity contribution in [3.05, 3.63) is 83.9 Å². The van der Waals surface area contributed by atoms with Crippen molar-refractivity contribution in [3.8, 4) is 5.75 Å². The average molecular weight is 425 g/mol. The van der Waals surface area contributed by atoms with Crippen molar-refractivity contribution >= 4 is 34.1 Å². The smallest absolute Gasteiger partial charge is 0.251 e. The summed E-state index contributed by atoms with van der Waals surface area (Å²) in [5.74, 6) is 1.13. The summed E-state index contributed by atoms with van der Waals surface area (Å²) in [6.07, 6.45) is 0. The lowest BCUT2D eigenvalue weighted by Crippen LogP contribution is -2.22. The minimum absolute atomic E-state index is 0.160. The highest BCUT2D eigenvalue weighted by atomic mass is 16.5. The predicted octanol–water partition coefficient (Wildman–Crippen LogP) is 3.35. The van der Waals surface area contributed by atoms with Crippen LogP contribution in [-0.4, -0.2) is 38.0 Å². The van der Waals surface area contributed by atoms with Gasteiger partial charge in [0.1, 0.15) is 5.75 Å². The Labute approximate surface area is 183 Å². The predicted molar refractivity (Wildman–Crippen MR) is 120 cm³/mol. The number of ether oxygens (including phenoxy) is 1. The van der Waals surface area contributed by atoms with Crippen LogP contribution in [0.2, 0.25) is 0 Å². The second kappa shape index (κ2) is 8.31. The van der Waals surface area contributed by atoms with Gasteiger partial charge in [0.25, 0.3) is 5.91 Å². The number of carbonyl (C=O) groups excluding carboxylic acids is 1. The van der Waals surface area contributed by atoms with Crippen molar-refractivity contribution < 1.29 is 9.53 Å². The number of nitrogens with zero attached hydrogens (tertiary/aromatic N) is 5. The van der Waals surface area contributed by atoms with E-state index in [1.165, 1.54) is 0 Å². The molecular weight excluding hydrogens is 406 g/mol. The molecule has 0 radical (unpaired) electrons. The van der Waals surface area contributed by atoms with Gasteiger partial charge in [0.05, 0.1) is 18.1 Å². The molecule has 0 saturated carbocycles. The van der Waals surface area contributed by atoms with E-state index in [1.54, 1.807) is 23.8 Å². The highest BCUT2D eigenvalue weighted by molar-refractivity contribution is 5.94. The number of amides is 1. The molecule has 9 nitrogen and oxygen atoms in total. The second-order valence-electron chi connectivity index (χ2n) is 7.10. The first-order valence-corrected chi connectivity index (χ1v) is 9.96. The molecule has 32 heavy (non-hydrogen) atoms. The SMILES string of the molecule is COc1cccc(CNC(=O)c2ccc(Nc3nc4ccccc4n4nnnc34)cc2)c1. The van der Waals surface area contributed by atoms with E-state index in [9.17, 15) is 4.79 Å². The molecule has 0 unspecified atom stereocenters. The Morgan fingerprint density at radius 3 is 2.72 bits per heavy atom. The lowest BCUT2D eigenvalue weighted by molar-refractivity contribution is 0.0951. The van der Waals surface area contributed by atoms with Gasteiger partial charge in [-0.15, -0.1) is 5.10 Å². The third-order valence-electron chi connectivity index (χ3n) is 5.02. The van der Waals surface area contributed by atoms with E-state index in [0.717, 1.165) is 28.0 Å². The number of anilines is 2. The fourth-order valence-corrected chi connectivity index (χ4v) is 3.40. The molecule has 5 aromatic rings. The van der Waals surface area contributed by atoms with Crippen molar-refractivity contribution in [1.82, 2.24) is 30.3 Å². The Hall–Kier alpha value is -4.53. The molecule has 0 spiro atoms. The van der Waals surface area contributed by atoms with Crippen molar-refractivity contribution in [2.75, 3.05) is 12.4 Å². The molecule has 0 aliphatic carbocycles. The topological polar surface area (TPSA) is 106 Å². The maximum Gasteiger partial charge on any atom is 0.251 e. The molecule has 3 aromatic carbocycles. The first kappa shape index (κ1) is 19.4. The summed E-state index contributed by atoms with van der Waals surface area (Å²) in [5, 5.41) is 18.1. The van der Waals surface area contributed by atoms with Crippen molar-refractivity contribution in [2.45, 2.75) is 6.54 Å². The van der Waals surface area contributed by atoms with E-state index in [2.05, 4.69) is 31.1 Å². The number of rotatable bonds is 6. The van der Waals surface area contributed by atoms with Crippen LogP contribution < -0.4 is 15.4 Å². The van der Waals surface area contributed by atoms with Crippen LogP contribution in [0.1, 0.15) is 15.9 Å². The van der Waals surface area contributed by atoms with Crippen molar-refractivity contribution in [1.29, 1.82) is 0 Å². The van der Waals surface area contributed by atoms with E-state index >= 15 is 0 Å². The number of tetrazole rings is 1. The molecule has 0 aliphatic rings. The number of hydrogen-bond acceptors (Lipinski definition) is 7. The molecular formula is C23H19N7O2. The number of methoxy groups -OCH3 is 1. The van der Waals surface area contributed by atoms with Gasteiger partial charge < -0.3 is 15.4 Å². The number of para-hydroxylation sites is 2. The van der Waals surface area contributed by atoms with Gasteiger partial charge in [-0.2, -0.15) is 4.52 Å². The Balaban J connectivity index is 1.31. The van der Waals surface area contributed by atoms with Gasteiger partial charge in [0.2, 0.25) is 5.65 Å². The molecule has 9 heteroatoms. The van der Waals surface area contributed by atoms with E-state index < -0.39 is 0 Å². The molecule has 158 valence electrons. The molecule has 0 fully saturated rings. The van der Waals surface area contributed by atoms with Gasteiger partial charge in [-0.05, 0) is 64.5 Å². The second-order valence-corrected chi connectivity index (χ2v) is 7.10. The van der Waals surface area contributed by atoms with Crippen LogP contribution in [0.15, 0.2) is 72.8 Å². The van der Waals surface area contributed by atoms with Crippen LogP contribution >= 0.6 is 0 Å². The van der Waals surface area contributed by atoms with Crippen molar-refractivity contribution in [3.63, 3.8) is 0 Å². The summed E-state index contributed by atoms with van der Waals surface area (Å²) < 4.78 is 6.86. The minimum Gasteiger partial charge on any atom is -0.497 e. The Morgan fingerprint density at radius 1 is 1.03 bits per heavy atom. The quantitative estimate of drug-likeness (QED) is 0.430. The standard InChI is InChI=1S/C23H19N7O2/c1-32-18-6-4-5-15(13-18)14-24-23(31)16-9-11-17(12-10-16)25-21-22-27-28-29-30(22)20-8-3-2-7-19(20)26-21/h2-13H,14H2,1H3,(H,24,31)(H,25,26). The number of hydrogen-bond donors (Lipinski definition) is 2. The van der Waals surface area contributed by atoms with Gasteiger partial charge in [-0.1, -0.05) is 24.3 Å². The number of aromatic nitrogens is 5. The van der Waals surface area contributed by atoms with E-state index in [1.807, 2.05) is 60.7 Å². The maximum atomic E-state index is 12.5. The molecule has 0 bridgehead atoms. The molecule has 2 aromatic heterocycles. The van der Waals surface area contributed by atoms with Gasteiger partial charge >= 0.3 is 0 Å². The first-order chi connectivity index (χ1) is 15.7. The van der Waals surface area contributed by atoms with Crippen LogP contribution in [0.25, 0.3) is 16.7 Å². The van der Waals surface area contributed by atoms with Crippen molar-refractivity contribution in [2.24, 2.45) is 0 Å². The Morgan fingerprint density at radius 2 is 1.88 bits per heavy atom. The molecule has 2 N–H and O–H groups in total. The van der Waals surface area contributed by atoms with Crippen LogP contribution in [0.4, 0.5) is 11.5 Å². The van der Waals surface area contributed by atoms with Crippen LogP contribution in [0, 0.1) is 0 Å². The molecule has 1 amide bonds. The summed E-state index contributed by atoms with van der Waals surface area (Å²) >= 11 is 0. The van der Waals surface area contributed by atoms with Crippen LogP contribution in [0.3, 0.4) is 0 Å². The summed E-state index contributed by atoms with van der Waals surface area (Å²) in [7, 11) is 1.62.